The molecular weight excluding hydrogens is 296 g/mol. The Morgan fingerprint density at radius 3 is 2.33 bits per heavy atom. The normalized spacial score (nSPS) is 29.3. The van der Waals surface area contributed by atoms with Gasteiger partial charge >= 0.3 is 0 Å². The Bertz CT molecular complexity index is 484. The largest absolute Gasteiger partial charge is 0.391 e. The fraction of sp³-hybridized carbons (Fsp3) is 0.714. The van der Waals surface area contributed by atoms with Crippen LogP contribution in [0.5, 0.6) is 0 Å². The van der Waals surface area contributed by atoms with Gasteiger partial charge in [-0.2, -0.15) is 0 Å². The molecule has 3 rings (SSSR count). The molecule has 2 fully saturated rings. The van der Waals surface area contributed by atoms with Crippen LogP contribution >= 0.6 is 0 Å². The Morgan fingerprint density at radius 2 is 1.67 bits per heavy atom. The molecule has 1 heterocycles. The summed E-state index contributed by atoms with van der Waals surface area (Å²) < 4.78 is 0. The van der Waals surface area contributed by atoms with Crippen molar-refractivity contribution in [3.05, 3.63) is 35.9 Å². The number of aliphatic hydroxyl groups is 1. The zero-order valence-electron chi connectivity index (χ0n) is 15.3. The molecule has 2 N–H and O–H groups in total. The van der Waals surface area contributed by atoms with Crippen LogP contribution in [0.3, 0.4) is 0 Å². The van der Waals surface area contributed by atoms with Crippen LogP contribution in [0.4, 0.5) is 0 Å². The quantitative estimate of drug-likeness (QED) is 0.867. The lowest BCUT2D eigenvalue weighted by Crippen LogP contribution is -2.52. The molecule has 3 heteroatoms. The minimum Gasteiger partial charge on any atom is -0.391 e. The molecule has 4 unspecified atom stereocenters. The van der Waals surface area contributed by atoms with E-state index in [1.807, 2.05) is 0 Å². The highest BCUT2D eigenvalue weighted by atomic mass is 16.3. The van der Waals surface area contributed by atoms with Crippen LogP contribution < -0.4 is 5.32 Å². The molecule has 0 radical (unpaired) electrons. The standard InChI is InChI=1S/C21H34N2O/c1-16(18-8-4-3-5-9-18)17(2)22-19-12-14-23(15-13-19)20-10-6-7-11-21(20)24/h3-5,8-9,16-17,19-22,24H,6-7,10-15H2,1-2H3. The van der Waals surface area contributed by atoms with Crippen LogP contribution in [0.15, 0.2) is 30.3 Å². The Hall–Kier alpha value is -0.900. The van der Waals surface area contributed by atoms with Gasteiger partial charge in [-0.3, -0.25) is 4.90 Å². The van der Waals surface area contributed by atoms with E-state index in [0.29, 0.717) is 24.0 Å². The first-order valence-corrected chi connectivity index (χ1v) is 9.88. The second-order valence-corrected chi connectivity index (χ2v) is 7.88. The Morgan fingerprint density at radius 1 is 1.00 bits per heavy atom. The minimum absolute atomic E-state index is 0.0970. The van der Waals surface area contributed by atoms with Crippen molar-refractivity contribution in [1.29, 1.82) is 0 Å². The predicted molar refractivity (Wildman–Crippen MR) is 100 cm³/mol. The smallest absolute Gasteiger partial charge is 0.0695 e. The molecule has 1 aromatic rings. The predicted octanol–water partition coefficient (Wildman–Crippen LogP) is 3.54. The summed E-state index contributed by atoms with van der Waals surface area (Å²) >= 11 is 0. The number of benzene rings is 1. The van der Waals surface area contributed by atoms with E-state index in [2.05, 4.69) is 54.4 Å². The second-order valence-electron chi connectivity index (χ2n) is 7.88. The van der Waals surface area contributed by atoms with Gasteiger partial charge in [0.15, 0.2) is 0 Å². The fourth-order valence-electron chi connectivity index (χ4n) is 4.48. The van der Waals surface area contributed by atoms with Crippen LogP contribution in [-0.2, 0) is 0 Å². The SMILES string of the molecule is CC(NC1CCN(C2CCCCC2O)CC1)C(C)c1ccccc1. The molecule has 24 heavy (non-hydrogen) atoms. The second kappa shape index (κ2) is 8.46. The fourth-order valence-corrected chi connectivity index (χ4v) is 4.48. The third-order valence-electron chi connectivity index (χ3n) is 6.27. The first-order valence-electron chi connectivity index (χ1n) is 9.88. The molecule has 1 aliphatic heterocycles. The monoisotopic (exact) mass is 330 g/mol. The average Bonchev–Trinajstić information content (AvgIpc) is 2.63. The van der Waals surface area contributed by atoms with Crippen LogP contribution in [0, 0.1) is 0 Å². The van der Waals surface area contributed by atoms with Crippen molar-refractivity contribution in [2.75, 3.05) is 13.1 Å². The van der Waals surface area contributed by atoms with Crippen LogP contribution in [0.2, 0.25) is 0 Å². The van der Waals surface area contributed by atoms with E-state index in [1.165, 1.54) is 37.7 Å². The van der Waals surface area contributed by atoms with E-state index < -0.39 is 0 Å². The highest BCUT2D eigenvalue weighted by Crippen LogP contribution is 2.26. The molecule has 1 aliphatic carbocycles. The van der Waals surface area contributed by atoms with Gasteiger partial charge in [0.1, 0.15) is 0 Å². The van der Waals surface area contributed by atoms with E-state index in [4.69, 9.17) is 0 Å². The summed E-state index contributed by atoms with van der Waals surface area (Å²) in [5.74, 6) is 0.532. The van der Waals surface area contributed by atoms with Crippen molar-refractivity contribution in [3.8, 4) is 0 Å². The summed E-state index contributed by atoms with van der Waals surface area (Å²) in [5.41, 5.74) is 1.42. The maximum Gasteiger partial charge on any atom is 0.0695 e. The van der Waals surface area contributed by atoms with Gasteiger partial charge in [-0.05, 0) is 44.1 Å². The van der Waals surface area contributed by atoms with Crippen molar-refractivity contribution in [1.82, 2.24) is 10.2 Å². The van der Waals surface area contributed by atoms with Gasteiger partial charge in [0, 0.05) is 31.2 Å². The van der Waals surface area contributed by atoms with Gasteiger partial charge < -0.3 is 10.4 Å². The molecule has 0 bridgehead atoms. The van der Waals surface area contributed by atoms with E-state index in [-0.39, 0.29) is 6.10 Å². The van der Waals surface area contributed by atoms with E-state index in [0.717, 1.165) is 19.5 Å². The third kappa shape index (κ3) is 4.38. The lowest BCUT2D eigenvalue weighted by atomic mass is 9.89. The highest BCUT2D eigenvalue weighted by Gasteiger charge is 2.31. The molecule has 4 atom stereocenters. The van der Waals surface area contributed by atoms with Crippen molar-refractivity contribution in [2.24, 2.45) is 0 Å². The van der Waals surface area contributed by atoms with Crippen LogP contribution in [0.1, 0.15) is 63.9 Å². The molecule has 134 valence electrons. The maximum atomic E-state index is 10.3. The molecule has 3 nitrogen and oxygen atoms in total. The number of piperidine rings is 1. The molecule has 0 amide bonds. The van der Waals surface area contributed by atoms with Gasteiger partial charge in [0.2, 0.25) is 0 Å². The third-order valence-corrected chi connectivity index (χ3v) is 6.27. The zero-order valence-corrected chi connectivity index (χ0v) is 15.3. The highest BCUT2D eigenvalue weighted by molar-refractivity contribution is 5.20. The summed E-state index contributed by atoms with van der Waals surface area (Å²) in [4.78, 5) is 2.55. The molecule has 0 aromatic heterocycles. The van der Waals surface area contributed by atoms with Crippen LogP contribution in [-0.4, -0.2) is 47.3 Å². The lowest BCUT2D eigenvalue weighted by Gasteiger charge is -2.42. The maximum absolute atomic E-state index is 10.3. The summed E-state index contributed by atoms with van der Waals surface area (Å²) in [6.45, 7) is 6.90. The minimum atomic E-state index is -0.0970. The van der Waals surface area contributed by atoms with Crippen molar-refractivity contribution in [2.45, 2.75) is 82.5 Å². The molecule has 1 saturated carbocycles. The van der Waals surface area contributed by atoms with Crippen molar-refractivity contribution in [3.63, 3.8) is 0 Å². The number of rotatable bonds is 5. The average molecular weight is 331 g/mol. The topological polar surface area (TPSA) is 35.5 Å². The first-order chi connectivity index (χ1) is 11.6. The van der Waals surface area contributed by atoms with Crippen LogP contribution in [0.25, 0.3) is 0 Å². The van der Waals surface area contributed by atoms with Gasteiger partial charge in [-0.1, -0.05) is 50.1 Å². The molecule has 1 saturated heterocycles. The van der Waals surface area contributed by atoms with Gasteiger partial charge in [-0.15, -0.1) is 0 Å². The summed E-state index contributed by atoms with van der Waals surface area (Å²) in [5, 5.41) is 14.1. The summed E-state index contributed by atoms with van der Waals surface area (Å²) in [6.07, 6.45) is 6.97. The van der Waals surface area contributed by atoms with Crippen molar-refractivity contribution >= 4 is 0 Å². The number of hydrogen-bond donors (Lipinski definition) is 2. The van der Waals surface area contributed by atoms with Gasteiger partial charge in [0.25, 0.3) is 0 Å². The van der Waals surface area contributed by atoms with E-state index in [1.54, 1.807) is 0 Å². The van der Waals surface area contributed by atoms with E-state index in [9.17, 15) is 5.11 Å². The Balaban J connectivity index is 1.46. The Labute approximate surface area is 147 Å². The Kier molecular flexibility index (Phi) is 6.31. The molecule has 1 aromatic carbocycles. The number of nitrogens with one attached hydrogen (secondary N) is 1. The van der Waals surface area contributed by atoms with E-state index >= 15 is 0 Å². The lowest BCUT2D eigenvalue weighted by molar-refractivity contribution is 0.00658. The first kappa shape index (κ1) is 17.9. The number of likely N-dealkylation sites (tertiary alicyclic amines) is 1. The summed E-state index contributed by atoms with van der Waals surface area (Å²) in [6, 6.07) is 12.3. The zero-order chi connectivity index (χ0) is 16.9. The van der Waals surface area contributed by atoms with Gasteiger partial charge in [0.05, 0.1) is 6.10 Å². The number of aliphatic hydroxyl groups excluding tert-OH is 1. The number of nitrogens with zero attached hydrogens (tertiary/aromatic N) is 1. The summed E-state index contributed by atoms with van der Waals surface area (Å²) in [7, 11) is 0. The molecular formula is C21H34N2O. The van der Waals surface area contributed by atoms with Crippen molar-refractivity contribution < 1.29 is 5.11 Å². The molecule has 2 aliphatic rings. The number of hydrogen-bond acceptors (Lipinski definition) is 3. The van der Waals surface area contributed by atoms with Gasteiger partial charge in [-0.25, -0.2) is 0 Å². The molecule has 0 spiro atoms.